The van der Waals surface area contributed by atoms with Crippen LogP contribution < -0.4 is 26.6 Å². The zero-order valence-corrected chi connectivity index (χ0v) is 56.8. The molecule has 10 aromatic rings. The summed E-state index contributed by atoms with van der Waals surface area (Å²) in [6, 6.07) is 63.6. The molecule has 98 heavy (non-hydrogen) atoms. The molecule has 0 saturated heterocycles. The SMILES string of the molecule is C=C=O.CC1(CCO)Nc2cccc3c(N=Nc4ccc(N=Nc5ccccc5)c5ccccc45)ccc(c23)N1.CCCCCCCCCCCCCCCCCCNC(=O)OCCC1(C)Nc2cccc3c(N=Nc4ccc(N=Nc5ccccc5)c5ccccc45)ccc(c23)N1. The Hall–Kier alpha value is -10.5. The quantitative estimate of drug-likeness (QED) is 0.0144. The van der Waals surface area contributed by atoms with Crippen molar-refractivity contribution in [2.75, 3.05) is 41.0 Å². The third kappa shape index (κ3) is 19.4. The molecule has 0 aromatic heterocycles. The number of hydrogen-bond acceptors (Lipinski definition) is 16. The molecular formula is C81H91N13O4. The van der Waals surface area contributed by atoms with E-state index in [4.69, 9.17) is 19.8 Å². The second-order valence-electron chi connectivity index (χ2n) is 25.4. The fourth-order valence-electron chi connectivity index (χ4n) is 12.7. The summed E-state index contributed by atoms with van der Waals surface area (Å²) in [5.41, 5.74) is 9.34. The van der Waals surface area contributed by atoms with E-state index >= 15 is 0 Å². The molecule has 1 amide bonds. The number of hydrogen-bond donors (Lipinski definition) is 6. The molecule has 0 aliphatic carbocycles. The van der Waals surface area contributed by atoms with Crippen molar-refractivity contribution in [3.05, 3.63) is 201 Å². The number of carbonyl (C=O) groups excluding carboxylic acids is 2. The maximum absolute atomic E-state index is 12.5. The van der Waals surface area contributed by atoms with Crippen LogP contribution >= 0.6 is 0 Å². The predicted molar refractivity (Wildman–Crippen MR) is 403 cm³/mol. The highest BCUT2D eigenvalue weighted by atomic mass is 16.5. The van der Waals surface area contributed by atoms with Crippen molar-refractivity contribution in [1.29, 1.82) is 0 Å². The van der Waals surface area contributed by atoms with Crippen LogP contribution in [0, 0.1) is 0 Å². The average Bonchev–Trinajstić information content (AvgIpc) is 0.766. The summed E-state index contributed by atoms with van der Waals surface area (Å²) in [6.07, 6.45) is 22.2. The van der Waals surface area contributed by atoms with E-state index in [1.54, 1.807) is 0 Å². The average molecular weight is 1310 g/mol. The molecule has 10 aromatic carbocycles. The number of amides is 1. The van der Waals surface area contributed by atoms with Crippen LogP contribution in [0.2, 0.25) is 0 Å². The van der Waals surface area contributed by atoms with Crippen LogP contribution in [-0.2, 0) is 9.53 Å². The van der Waals surface area contributed by atoms with Gasteiger partial charge in [0.05, 0.1) is 52.1 Å². The number of benzene rings is 10. The first-order chi connectivity index (χ1) is 48.1. The number of unbranched alkanes of at least 4 members (excludes halogenated alkanes) is 15. The van der Waals surface area contributed by atoms with E-state index in [0.29, 0.717) is 26.0 Å². The molecule has 504 valence electrons. The normalized spacial score (nSPS) is 15.3. The first kappa shape index (κ1) is 70.3. The molecule has 0 saturated carbocycles. The molecule has 2 atom stereocenters. The van der Waals surface area contributed by atoms with Crippen LogP contribution in [0.1, 0.15) is 136 Å². The van der Waals surface area contributed by atoms with E-state index in [1.165, 1.54) is 95.8 Å². The topological polar surface area (TPSA) is 223 Å². The van der Waals surface area contributed by atoms with Crippen LogP contribution in [0.4, 0.5) is 73.0 Å². The van der Waals surface area contributed by atoms with Gasteiger partial charge in [0.1, 0.15) is 17.3 Å². The third-order valence-corrected chi connectivity index (χ3v) is 17.8. The molecule has 2 aliphatic heterocycles. The van der Waals surface area contributed by atoms with Crippen molar-refractivity contribution in [3.63, 3.8) is 0 Å². The molecule has 2 heterocycles. The molecule has 2 aliphatic rings. The lowest BCUT2D eigenvalue weighted by atomic mass is 9.97. The van der Waals surface area contributed by atoms with E-state index in [9.17, 15) is 9.90 Å². The highest BCUT2D eigenvalue weighted by molar-refractivity contribution is 6.11. The number of nitrogens with one attached hydrogen (secondary N) is 5. The first-order valence-electron chi connectivity index (χ1n) is 34.8. The van der Waals surface area contributed by atoms with Gasteiger partial charge in [0, 0.05) is 91.8 Å². The van der Waals surface area contributed by atoms with Crippen molar-refractivity contribution < 1.29 is 19.4 Å². The molecule has 17 heteroatoms. The Kier molecular flexibility index (Phi) is 25.9. The summed E-state index contributed by atoms with van der Waals surface area (Å²) < 4.78 is 5.60. The Balaban J connectivity index is 0.000000222. The zero-order chi connectivity index (χ0) is 68.2. The van der Waals surface area contributed by atoms with Gasteiger partial charge in [0.25, 0.3) is 0 Å². The number of fused-ring (bicyclic) bond motifs is 2. The van der Waals surface area contributed by atoms with E-state index in [0.717, 1.165) is 124 Å². The maximum atomic E-state index is 12.5. The summed E-state index contributed by atoms with van der Waals surface area (Å²) in [5, 5.41) is 71.4. The number of rotatable bonds is 30. The molecule has 0 radical (unpaired) electrons. The fourth-order valence-corrected chi connectivity index (χ4v) is 12.7. The van der Waals surface area contributed by atoms with E-state index in [-0.39, 0.29) is 12.7 Å². The van der Waals surface area contributed by atoms with Crippen LogP contribution in [0.5, 0.6) is 0 Å². The number of anilines is 4. The summed E-state index contributed by atoms with van der Waals surface area (Å²) in [5.74, 6) is 1.25. The highest BCUT2D eigenvalue weighted by Crippen LogP contribution is 2.46. The van der Waals surface area contributed by atoms with Gasteiger partial charge in [-0.25, -0.2) is 9.59 Å². The summed E-state index contributed by atoms with van der Waals surface area (Å²) in [4.78, 5) is 21.0. The van der Waals surface area contributed by atoms with Crippen molar-refractivity contribution in [2.24, 2.45) is 40.9 Å². The standard InChI is InChI=1S/C49H63N7O2.C30H26N6O.C2H2O/c1-3-4-5-6-7-8-9-10-11-12-13-14-15-16-17-23-36-50-48(57)58-37-35-49(2)51-45-30-24-29-41-44(33-34-46(52-49)47(41)45)56-55-43-32-31-42(39-27-21-22-28-40(39)43)54-53-38-25-19-18-20-26-38;1-30(18-19-37)31-27-13-7-12-23-26(16-17-28(32-30)29(23)27)36-35-25-15-14-24(21-10-5-6-11-22(21)25)34-33-20-8-3-2-4-9-20;1-2-3/h18-22,24-34,51-52H,3-17,23,35-37H2,1-2H3,(H,50,57);2-17,31-32,37H,18-19H2,1H3;1H2. The van der Waals surface area contributed by atoms with Crippen molar-refractivity contribution in [2.45, 2.75) is 148 Å². The Morgan fingerprint density at radius 3 is 1.09 bits per heavy atom. The number of ether oxygens (including phenoxy) is 1. The van der Waals surface area contributed by atoms with Crippen LogP contribution in [-0.4, -0.2) is 48.2 Å². The van der Waals surface area contributed by atoms with Gasteiger partial charge in [-0.3, -0.25) is 0 Å². The minimum absolute atomic E-state index is 0.0917. The minimum Gasteiger partial charge on any atom is -0.449 e. The maximum Gasteiger partial charge on any atom is 0.407 e. The van der Waals surface area contributed by atoms with Crippen molar-refractivity contribution in [1.82, 2.24) is 5.32 Å². The Morgan fingerprint density at radius 2 is 0.714 bits per heavy atom. The highest BCUT2D eigenvalue weighted by Gasteiger charge is 2.32. The molecular weight excluding hydrogens is 1220 g/mol. The number of aliphatic hydroxyl groups is 1. The molecule has 12 rings (SSSR count). The number of azo groups is 4. The van der Waals surface area contributed by atoms with Gasteiger partial charge in [-0.15, -0.1) is 30.7 Å². The first-order valence-corrected chi connectivity index (χ1v) is 34.8. The van der Waals surface area contributed by atoms with Gasteiger partial charge in [-0.2, -0.15) is 10.2 Å². The van der Waals surface area contributed by atoms with Crippen molar-refractivity contribution in [3.8, 4) is 0 Å². The number of alkyl carbamates (subject to hydrolysis) is 1. The van der Waals surface area contributed by atoms with E-state index < -0.39 is 11.3 Å². The Labute approximate surface area is 575 Å². The van der Waals surface area contributed by atoms with E-state index in [2.05, 4.69) is 108 Å². The van der Waals surface area contributed by atoms with Crippen molar-refractivity contribution >= 4 is 123 Å². The molecule has 6 N–H and O–H groups in total. The zero-order valence-electron chi connectivity index (χ0n) is 56.8. The summed E-state index contributed by atoms with van der Waals surface area (Å²) in [6.45, 7) is 10.1. The van der Waals surface area contributed by atoms with Crippen LogP contribution in [0.3, 0.4) is 0 Å². The van der Waals surface area contributed by atoms with Gasteiger partial charge in [-0.1, -0.05) is 212 Å². The summed E-state index contributed by atoms with van der Waals surface area (Å²) >= 11 is 0. The molecule has 0 bridgehead atoms. The van der Waals surface area contributed by atoms with Crippen LogP contribution in [0.25, 0.3) is 43.1 Å². The largest absolute Gasteiger partial charge is 0.449 e. The van der Waals surface area contributed by atoms with Gasteiger partial charge < -0.3 is 36.4 Å². The van der Waals surface area contributed by atoms with E-state index in [1.807, 2.05) is 171 Å². The number of aliphatic hydroxyl groups excluding tert-OH is 1. The lowest BCUT2D eigenvalue weighted by molar-refractivity contribution is 0.139. The smallest absolute Gasteiger partial charge is 0.407 e. The Morgan fingerprint density at radius 1 is 0.408 bits per heavy atom. The minimum atomic E-state index is -0.503. The molecule has 2 unspecified atom stereocenters. The molecule has 0 fully saturated rings. The monoisotopic (exact) mass is 1310 g/mol. The number of carbonyl (C=O) groups is 1. The number of nitrogens with zero attached hydrogens (tertiary/aromatic N) is 8. The lowest BCUT2D eigenvalue weighted by Gasteiger charge is -2.38. The second kappa shape index (κ2) is 36.0. The molecule has 17 nitrogen and oxygen atoms in total. The van der Waals surface area contributed by atoms with Gasteiger partial charge in [0.2, 0.25) is 0 Å². The lowest BCUT2D eigenvalue weighted by Crippen LogP contribution is -2.46. The predicted octanol–water partition coefficient (Wildman–Crippen LogP) is 24.5. The van der Waals surface area contributed by atoms with Crippen LogP contribution in [0.15, 0.2) is 242 Å². The molecule has 0 spiro atoms. The van der Waals surface area contributed by atoms with Gasteiger partial charge in [-0.05, 0) is 112 Å². The van der Waals surface area contributed by atoms with Gasteiger partial charge >= 0.3 is 6.09 Å². The third-order valence-electron chi connectivity index (χ3n) is 17.8. The summed E-state index contributed by atoms with van der Waals surface area (Å²) in [7, 11) is 0. The van der Waals surface area contributed by atoms with Gasteiger partial charge in [0.15, 0.2) is 0 Å². The Bertz CT molecular complexity index is 4390. The fraction of sp³-hybridized carbons (Fsp3) is 0.321. The second-order valence-corrected chi connectivity index (χ2v) is 25.4.